The predicted molar refractivity (Wildman–Crippen MR) is 91.5 cm³/mol. The first-order valence-corrected chi connectivity index (χ1v) is 8.33. The summed E-state index contributed by atoms with van der Waals surface area (Å²) in [4.78, 5) is 39.6. The van der Waals surface area contributed by atoms with Crippen LogP contribution in [-0.2, 0) is 9.59 Å². The molecule has 0 aliphatic carbocycles. The Labute approximate surface area is 142 Å². The van der Waals surface area contributed by atoms with Gasteiger partial charge in [-0.3, -0.25) is 19.3 Å². The number of hydrogen-bond donors (Lipinski definition) is 0. The normalized spacial score (nSPS) is 13.3. The summed E-state index contributed by atoms with van der Waals surface area (Å²) < 4.78 is 5.41. The van der Waals surface area contributed by atoms with E-state index in [0.717, 1.165) is 12.8 Å². The van der Waals surface area contributed by atoms with E-state index in [1.54, 1.807) is 23.1 Å². The third kappa shape index (κ3) is 3.93. The molecule has 1 aliphatic rings. The number of nitrogens with zero attached hydrogens (tertiary/aromatic N) is 2. The molecule has 130 valence electrons. The van der Waals surface area contributed by atoms with E-state index >= 15 is 0 Å². The second-order valence-electron chi connectivity index (χ2n) is 5.89. The number of anilines is 1. The zero-order valence-corrected chi connectivity index (χ0v) is 14.5. The molecule has 1 aliphatic heterocycles. The first-order valence-electron chi connectivity index (χ1n) is 8.33. The van der Waals surface area contributed by atoms with E-state index in [9.17, 15) is 14.4 Å². The van der Waals surface area contributed by atoms with Crippen LogP contribution < -0.4 is 9.64 Å². The smallest absolute Gasteiger partial charge is 0.265 e. The van der Waals surface area contributed by atoms with Gasteiger partial charge in [-0.1, -0.05) is 13.8 Å². The highest BCUT2D eigenvalue weighted by Gasteiger charge is 2.29. The van der Waals surface area contributed by atoms with Crippen LogP contribution in [-0.4, -0.2) is 48.7 Å². The molecule has 0 radical (unpaired) electrons. The van der Waals surface area contributed by atoms with Gasteiger partial charge in [0.1, 0.15) is 12.3 Å². The number of ether oxygens (including phenoxy) is 1. The molecule has 0 fully saturated rings. The van der Waals surface area contributed by atoms with Crippen LogP contribution in [0.15, 0.2) is 18.2 Å². The average Bonchev–Trinajstić information content (AvgIpc) is 2.56. The zero-order valence-electron chi connectivity index (χ0n) is 14.5. The van der Waals surface area contributed by atoms with E-state index in [1.807, 2.05) is 13.8 Å². The second-order valence-corrected chi connectivity index (χ2v) is 5.89. The maximum Gasteiger partial charge on any atom is 0.265 e. The van der Waals surface area contributed by atoms with Gasteiger partial charge in [0.05, 0.1) is 5.69 Å². The number of hydrogen-bond acceptors (Lipinski definition) is 4. The maximum absolute atomic E-state index is 12.6. The Bertz CT molecular complexity index is 636. The predicted octanol–water partition coefficient (Wildman–Crippen LogP) is 2.26. The highest BCUT2D eigenvalue weighted by Crippen LogP contribution is 2.33. The first-order chi connectivity index (χ1) is 11.5. The van der Waals surface area contributed by atoms with E-state index in [0.29, 0.717) is 30.1 Å². The van der Waals surface area contributed by atoms with Gasteiger partial charge in [-0.2, -0.15) is 0 Å². The van der Waals surface area contributed by atoms with E-state index in [-0.39, 0.29) is 30.7 Å². The van der Waals surface area contributed by atoms with E-state index in [2.05, 4.69) is 0 Å². The number of amides is 2. The third-order valence-corrected chi connectivity index (χ3v) is 3.94. The van der Waals surface area contributed by atoms with Crippen molar-refractivity contribution in [1.29, 1.82) is 0 Å². The molecule has 0 bridgehead atoms. The second kappa shape index (κ2) is 7.95. The highest BCUT2D eigenvalue weighted by atomic mass is 16.5. The van der Waals surface area contributed by atoms with Crippen LogP contribution in [0.25, 0.3) is 0 Å². The Morgan fingerprint density at radius 1 is 1.21 bits per heavy atom. The molecule has 0 N–H and O–H groups in total. The summed E-state index contributed by atoms with van der Waals surface area (Å²) in [5.74, 6) is 0.0586. The fourth-order valence-corrected chi connectivity index (χ4v) is 2.73. The lowest BCUT2D eigenvalue weighted by Gasteiger charge is -2.31. The summed E-state index contributed by atoms with van der Waals surface area (Å²) in [6.45, 7) is 6.72. The molecule has 1 heterocycles. The summed E-state index contributed by atoms with van der Waals surface area (Å²) in [6.07, 6.45) is 1.74. The minimum absolute atomic E-state index is 0.0312. The molecule has 1 aromatic carbocycles. The Kier molecular flexibility index (Phi) is 5.95. The Morgan fingerprint density at radius 2 is 1.88 bits per heavy atom. The van der Waals surface area contributed by atoms with Crippen molar-refractivity contribution >= 4 is 23.3 Å². The van der Waals surface area contributed by atoms with Gasteiger partial charge in [-0.25, -0.2) is 0 Å². The van der Waals surface area contributed by atoms with Gasteiger partial charge >= 0.3 is 0 Å². The summed E-state index contributed by atoms with van der Waals surface area (Å²) in [5, 5.41) is 0. The summed E-state index contributed by atoms with van der Waals surface area (Å²) in [5.41, 5.74) is 0.976. The van der Waals surface area contributed by atoms with Gasteiger partial charge in [0.15, 0.2) is 12.4 Å². The molecule has 0 atom stereocenters. The molecular formula is C18H24N2O4. The topological polar surface area (TPSA) is 66.9 Å². The van der Waals surface area contributed by atoms with E-state index < -0.39 is 0 Å². The van der Waals surface area contributed by atoms with Gasteiger partial charge in [0, 0.05) is 18.7 Å². The monoisotopic (exact) mass is 332 g/mol. The molecule has 0 saturated carbocycles. The number of carbonyl (C=O) groups excluding carboxylic acids is 3. The van der Waals surface area contributed by atoms with Crippen LogP contribution in [0.3, 0.4) is 0 Å². The van der Waals surface area contributed by atoms with Crippen LogP contribution in [0.1, 0.15) is 44.0 Å². The summed E-state index contributed by atoms with van der Waals surface area (Å²) in [6, 6.07) is 4.95. The highest BCUT2D eigenvalue weighted by molar-refractivity contribution is 6.04. The van der Waals surface area contributed by atoms with Gasteiger partial charge in [-0.05, 0) is 38.0 Å². The molecule has 6 heteroatoms. The summed E-state index contributed by atoms with van der Waals surface area (Å²) in [7, 11) is 0. The van der Waals surface area contributed by atoms with Crippen LogP contribution in [0, 0.1) is 0 Å². The van der Waals surface area contributed by atoms with Crippen LogP contribution >= 0.6 is 0 Å². The van der Waals surface area contributed by atoms with Crippen molar-refractivity contribution in [3.05, 3.63) is 23.8 Å². The van der Waals surface area contributed by atoms with Crippen molar-refractivity contribution in [2.75, 3.05) is 31.1 Å². The Morgan fingerprint density at radius 3 is 2.46 bits per heavy atom. The van der Waals surface area contributed by atoms with Crippen molar-refractivity contribution in [3.8, 4) is 5.75 Å². The number of rotatable bonds is 7. The molecule has 6 nitrogen and oxygen atoms in total. The molecule has 0 saturated heterocycles. The van der Waals surface area contributed by atoms with Gasteiger partial charge in [-0.15, -0.1) is 0 Å². The molecule has 24 heavy (non-hydrogen) atoms. The number of fused-ring (bicyclic) bond motifs is 1. The fraction of sp³-hybridized carbons (Fsp3) is 0.500. The van der Waals surface area contributed by atoms with Crippen LogP contribution in [0.5, 0.6) is 5.75 Å². The molecule has 0 aromatic heterocycles. The van der Waals surface area contributed by atoms with Crippen molar-refractivity contribution in [2.45, 2.75) is 33.6 Å². The lowest BCUT2D eigenvalue weighted by atomic mass is 10.1. The quantitative estimate of drug-likeness (QED) is 0.718. The van der Waals surface area contributed by atoms with Crippen molar-refractivity contribution in [3.63, 3.8) is 0 Å². The first kappa shape index (κ1) is 18.0. The number of Topliss-reactive ketones (excluding diaryl/α,β-unsaturated/α-hetero) is 1. The number of carbonyl (C=O) groups is 3. The van der Waals surface area contributed by atoms with E-state index in [4.69, 9.17) is 4.74 Å². The largest absolute Gasteiger partial charge is 0.482 e. The molecule has 2 rings (SSSR count). The lowest BCUT2D eigenvalue weighted by molar-refractivity contribution is -0.132. The molecule has 0 spiro atoms. The molecule has 0 unspecified atom stereocenters. The lowest BCUT2D eigenvalue weighted by Crippen LogP contribution is -2.46. The van der Waals surface area contributed by atoms with Crippen LogP contribution in [0.2, 0.25) is 0 Å². The number of benzene rings is 1. The average molecular weight is 332 g/mol. The zero-order chi connectivity index (χ0) is 17.7. The summed E-state index contributed by atoms with van der Waals surface area (Å²) >= 11 is 0. The van der Waals surface area contributed by atoms with Gasteiger partial charge in [0.2, 0.25) is 5.91 Å². The Hall–Kier alpha value is -2.37. The molecule has 2 amide bonds. The van der Waals surface area contributed by atoms with E-state index in [1.165, 1.54) is 11.8 Å². The molecular weight excluding hydrogens is 308 g/mol. The van der Waals surface area contributed by atoms with Gasteiger partial charge in [0.25, 0.3) is 5.91 Å². The SMILES string of the molecule is CCCN(CCC)C(=O)CN1C(=O)COc2ccc(C(C)=O)cc21. The maximum atomic E-state index is 12.6. The Balaban J connectivity index is 2.26. The van der Waals surface area contributed by atoms with Crippen molar-refractivity contribution in [2.24, 2.45) is 0 Å². The van der Waals surface area contributed by atoms with Crippen molar-refractivity contribution in [1.82, 2.24) is 4.90 Å². The molecule has 1 aromatic rings. The standard InChI is InChI=1S/C18H24N2O4/c1-4-8-19(9-5-2)17(22)11-20-15-10-14(13(3)21)6-7-16(15)24-12-18(20)23/h6-7,10H,4-5,8-9,11-12H2,1-3H3. The number of ketones is 1. The van der Waals surface area contributed by atoms with Gasteiger partial charge < -0.3 is 9.64 Å². The minimum atomic E-state index is -0.274. The van der Waals surface area contributed by atoms with Crippen LogP contribution in [0.4, 0.5) is 5.69 Å². The third-order valence-electron chi connectivity index (χ3n) is 3.94. The minimum Gasteiger partial charge on any atom is -0.482 e. The van der Waals surface area contributed by atoms with Crippen molar-refractivity contribution < 1.29 is 19.1 Å². The fourth-order valence-electron chi connectivity index (χ4n) is 2.73.